The van der Waals surface area contributed by atoms with Gasteiger partial charge in [-0.15, -0.1) is 0 Å². The van der Waals surface area contributed by atoms with E-state index < -0.39 is 0 Å². The number of hydrogen-bond donors (Lipinski definition) is 1. The van der Waals surface area contributed by atoms with E-state index >= 15 is 0 Å². The van der Waals surface area contributed by atoms with Gasteiger partial charge in [-0.3, -0.25) is 9.59 Å². The Morgan fingerprint density at radius 1 is 0.923 bits per heavy atom. The fraction of sp³-hybridized carbons (Fsp3) is 0.182. The van der Waals surface area contributed by atoms with Gasteiger partial charge in [-0.25, -0.2) is 0 Å². The first-order valence-corrected chi connectivity index (χ1v) is 8.77. The molecule has 1 N–H and O–H groups in total. The van der Waals surface area contributed by atoms with Gasteiger partial charge in [-0.1, -0.05) is 36.4 Å². The first-order valence-electron chi connectivity index (χ1n) is 8.77. The van der Waals surface area contributed by atoms with Crippen molar-refractivity contribution in [1.29, 1.82) is 0 Å². The predicted octanol–water partition coefficient (Wildman–Crippen LogP) is 4.00. The summed E-state index contributed by atoms with van der Waals surface area (Å²) >= 11 is 0. The Morgan fingerprint density at radius 2 is 1.73 bits per heavy atom. The smallest absolute Gasteiger partial charge is 0.255 e. The first-order chi connectivity index (χ1) is 12.6. The van der Waals surface area contributed by atoms with E-state index in [1.165, 1.54) is 5.56 Å². The van der Waals surface area contributed by atoms with Crippen molar-refractivity contribution in [3.8, 4) is 0 Å². The number of benzene rings is 3. The third-order valence-electron chi connectivity index (χ3n) is 4.93. The second kappa shape index (κ2) is 6.64. The number of nitrogens with zero attached hydrogens (tertiary/aromatic N) is 1. The lowest BCUT2D eigenvalue weighted by Gasteiger charge is -2.28. The number of rotatable bonds is 2. The molecule has 0 saturated heterocycles. The van der Waals surface area contributed by atoms with Gasteiger partial charge in [0.1, 0.15) is 0 Å². The van der Waals surface area contributed by atoms with Crippen molar-refractivity contribution < 1.29 is 9.59 Å². The molecule has 0 spiro atoms. The molecule has 0 fully saturated rings. The number of nitrogens with one attached hydrogen (secondary N) is 1. The molecule has 0 bridgehead atoms. The maximum Gasteiger partial charge on any atom is 0.255 e. The molecule has 0 saturated carbocycles. The van der Waals surface area contributed by atoms with E-state index in [2.05, 4.69) is 5.32 Å². The summed E-state index contributed by atoms with van der Waals surface area (Å²) in [6, 6.07) is 19.6. The molecule has 1 aliphatic heterocycles. The van der Waals surface area contributed by atoms with Gasteiger partial charge >= 0.3 is 0 Å². The molecule has 1 heterocycles. The molecular weight excluding hydrogens is 324 g/mol. The van der Waals surface area contributed by atoms with E-state index in [0.29, 0.717) is 12.1 Å². The van der Waals surface area contributed by atoms with Gasteiger partial charge in [0.15, 0.2) is 0 Å². The lowest BCUT2D eigenvalue weighted by Crippen LogP contribution is -2.34. The summed E-state index contributed by atoms with van der Waals surface area (Å²) in [7, 11) is 0. The number of carbonyl (C=O) groups excluding carboxylic acids is 2. The minimum atomic E-state index is -0.130. The molecule has 4 nitrogen and oxygen atoms in total. The highest BCUT2D eigenvalue weighted by Gasteiger charge is 2.18. The van der Waals surface area contributed by atoms with Crippen molar-refractivity contribution >= 4 is 28.3 Å². The average Bonchev–Trinajstić information content (AvgIpc) is 2.67. The van der Waals surface area contributed by atoms with Crippen LogP contribution in [0.5, 0.6) is 0 Å². The van der Waals surface area contributed by atoms with Gasteiger partial charge in [-0.05, 0) is 52.6 Å². The summed E-state index contributed by atoms with van der Waals surface area (Å²) in [6.45, 7) is 2.95. The number of anilines is 1. The zero-order valence-electron chi connectivity index (χ0n) is 14.7. The largest absolute Gasteiger partial charge is 0.338 e. The second-order valence-electron chi connectivity index (χ2n) is 6.69. The van der Waals surface area contributed by atoms with Crippen LogP contribution in [0.2, 0.25) is 0 Å². The maximum absolute atomic E-state index is 12.6. The minimum absolute atomic E-state index is 0.0845. The zero-order chi connectivity index (χ0) is 18.1. The zero-order valence-corrected chi connectivity index (χ0v) is 14.7. The monoisotopic (exact) mass is 344 g/mol. The Balaban J connectivity index is 1.55. The maximum atomic E-state index is 12.6. The normalized spacial score (nSPS) is 13.3. The van der Waals surface area contributed by atoms with Crippen molar-refractivity contribution in [3.63, 3.8) is 0 Å². The van der Waals surface area contributed by atoms with Crippen LogP contribution in [-0.4, -0.2) is 23.3 Å². The van der Waals surface area contributed by atoms with Crippen LogP contribution >= 0.6 is 0 Å². The number of amides is 2. The molecule has 0 aliphatic carbocycles. The Bertz CT molecular complexity index is 1010. The fourth-order valence-corrected chi connectivity index (χ4v) is 3.44. The third kappa shape index (κ3) is 3.18. The molecule has 4 heteroatoms. The van der Waals surface area contributed by atoms with Crippen molar-refractivity contribution in [2.75, 3.05) is 11.9 Å². The van der Waals surface area contributed by atoms with Gasteiger partial charge in [0, 0.05) is 31.3 Å². The summed E-state index contributed by atoms with van der Waals surface area (Å²) in [5.41, 5.74) is 3.73. The summed E-state index contributed by atoms with van der Waals surface area (Å²) in [4.78, 5) is 26.1. The summed E-state index contributed by atoms with van der Waals surface area (Å²) in [6.07, 6.45) is 0.855. The van der Waals surface area contributed by atoms with Crippen LogP contribution in [0.25, 0.3) is 10.8 Å². The second-order valence-corrected chi connectivity index (χ2v) is 6.69. The standard InChI is InChI=1S/C22H20N2O2/c1-15(25)24-11-10-17-8-9-21(13-20(17)14-24)23-22(26)19-7-6-16-4-2-3-5-18(16)12-19/h2-9,12-13H,10-11,14H2,1H3,(H,23,26). The van der Waals surface area contributed by atoms with Gasteiger partial charge in [0.25, 0.3) is 5.91 Å². The minimum Gasteiger partial charge on any atom is -0.338 e. The van der Waals surface area contributed by atoms with Gasteiger partial charge in [-0.2, -0.15) is 0 Å². The fourth-order valence-electron chi connectivity index (χ4n) is 3.44. The third-order valence-corrected chi connectivity index (χ3v) is 4.93. The van der Waals surface area contributed by atoms with Crippen LogP contribution < -0.4 is 5.32 Å². The van der Waals surface area contributed by atoms with E-state index in [1.54, 1.807) is 6.92 Å². The molecule has 4 rings (SSSR count). The molecular formula is C22H20N2O2. The van der Waals surface area contributed by atoms with Crippen LogP contribution in [-0.2, 0) is 17.8 Å². The van der Waals surface area contributed by atoms with Crippen LogP contribution in [0, 0.1) is 0 Å². The molecule has 0 atom stereocenters. The van der Waals surface area contributed by atoms with Crippen LogP contribution in [0.3, 0.4) is 0 Å². The lowest BCUT2D eigenvalue weighted by molar-refractivity contribution is -0.129. The first kappa shape index (κ1) is 16.3. The molecule has 26 heavy (non-hydrogen) atoms. The predicted molar refractivity (Wildman–Crippen MR) is 103 cm³/mol. The van der Waals surface area contributed by atoms with E-state index in [4.69, 9.17) is 0 Å². The Labute approximate surface area is 152 Å². The molecule has 1 aliphatic rings. The van der Waals surface area contributed by atoms with Crippen molar-refractivity contribution in [2.45, 2.75) is 19.9 Å². The summed E-state index contributed by atoms with van der Waals surface area (Å²) in [5, 5.41) is 5.13. The summed E-state index contributed by atoms with van der Waals surface area (Å²) in [5.74, 6) is -0.0452. The molecule has 130 valence electrons. The Hall–Kier alpha value is -3.14. The summed E-state index contributed by atoms with van der Waals surface area (Å²) < 4.78 is 0. The number of carbonyl (C=O) groups is 2. The van der Waals surface area contributed by atoms with Crippen molar-refractivity contribution in [3.05, 3.63) is 77.4 Å². The van der Waals surface area contributed by atoms with Crippen LogP contribution in [0.4, 0.5) is 5.69 Å². The highest BCUT2D eigenvalue weighted by atomic mass is 16.2. The van der Waals surface area contributed by atoms with Gasteiger partial charge in [0.05, 0.1) is 0 Å². The van der Waals surface area contributed by atoms with Crippen LogP contribution in [0.1, 0.15) is 28.4 Å². The molecule has 0 aromatic heterocycles. The molecule has 0 radical (unpaired) electrons. The average molecular weight is 344 g/mol. The topological polar surface area (TPSA) is 49.4 Å². The molecule has 3 aromatic carbocycles. The van der Waals surface area contributed by atoms with E-state index in [0.717, 1.165) is 35.0 Å². The quantitative estimate of drug-likeness (QED) is 0.764. The molecule has 2 amide bonds. The molecule has 3 aromatic rings. The van der Waals surface area contributed by atoms with E-state index in [-0.39, 0.29) is 11.8 Å². The number of fused-ring (bicyclic) bond motifs is 2. The lowest BCUT2D eigenvalue weighted by atomic mass is 9.99. The van der Waals surface area contributed by atoms with Crippen LogP contribution in [0.15, 0.2) is 60.7 Å². The van der Waals surface area contributed by atoms with Gasteiger partial charge in [0.2, 0.25) is 5.91 Å². The van der Waals surface area contributed by atoms with E-state index in [1.807, 2.05) is 65.6 Å². The van der Waals surface area contributed by atoms with Crippen molar-refractivity contribution in [2.24, 2.45) is 0 Å². The highest BCUT2D eigenvalue weighted by Crippen LogP contribution is 2.23. The molecule has 0 unspecified atom stereocenters. The number of hydrogen-bond acceptors (Lipinski definition) is 2. The van der Waals surface area contributed by atoms with Crippen molar-refractivity contribution in [1.82, 2.24) is 4.90 Å². The van der Waals surface area contributed by atoms with E-state index in [9.17, 15) is 9.59 Å². The Morgan fingerprint density at radius 3 is 2.54 bits per heavy atom. The SMILES string of the molecule is CC(=O)N1CCc2ccc(NC(=O)c3ccc4ccccc4c3)cc2C1. The highest BCUT2D eigenvalue weighted by molar-refractivity contribution is 6.06. The van der Waals surface area contributed by atoms with Gasteiger partial charge < -0.3 is 10.2 Å². The Kier molecular flexibility index (Phi) is 4.17.